The van der Waals surface area contributed by atoms with Crippen molar-refractivity contribution in [2.24, 2.45) is 0 Å². The maximum absolute atomic E-state index is 10.3. The number of aryl methyl sites for hydroxylation is 1. The van der Waals surface area contributed by atoms with Crippen LogP contribution in [-0.2, 0) is 9.59 Å². The molecule has 0 saturated carbocycles. The van der Waals surface area contributed by atoms with Crippen LogP contribution in [0.4, 0.5) is 0 Å². The molecule has 2 rings (SSSR count). The molecule has 0 aliphatic carbocycles. The third-order valence-corrected chi connectivity index (χ3v) is 2.32. The first-order valence-corrected chi connectivity index (χ1v) is 5.26. The van der Waals surface area contributed by atoms with E-state index >= 15 is 0 Å². The number of amides is 2. The molecule has 6 nitrogen and oxygen atoms in total. The number of carbonyl (C=O) groups is 3. The van der Waals surface area contributed by atoms with Crippen molar-refractivity contribution in [2.75, 3.05) is 0 Å². The van der Waals surface area contributed by atoms with Crippen LogP contribution in [0.25, 0.3) is 0 Å². The van der Waals surface area contributed by atoms with Crippen molar-refractivity contribution in [3.05, 3.63) is 35.4 Å². The molecule has 96 valence electrons. The van der Waals surface area contributed by atoms with Gasteiger partial charge in [0.2, 0.25) is 0 Å². The lowest BCUT2D eigenvalue weighted by molar-refractivity contribution is -0.171. The van der Waals surface area contributed by atoms with Crippen LogP contribution in [-0.4, -0.2) is 33.2 Å². The van der Waals surface area contributed by atoms with Gasteiger partial charge in [-0.3, -0.25) is 14.8 Å². The number of hydroxylamine groups is 2. The first-order valence-electron chi connectivity index (χ1n) is 5.26. The molecule has 0 bridgehead atoms. The maximum atomic E-state index is 10.3. The largest absolute Gasteiger partial charge is 0.478 e. The number of nitrogens with zero attached hydrogens (tertiary/aromatic N) is 1. The molecule has 1 heterocycles. The topological polar surface area (TPSA) is 94.9 Å². The van der Waals surface area contributed by atoms with E-state index in [0.29, 0.717) is 5.56 Å². The highest BCUT2D eigenvalue weighted by molar-refractivity contribution is 6.00. The lowest BCUT2D eigenvalue weighted by Crippen LogP contribution is -2.24. The van der Waals surface area contributed by atoms with E-state index in [1.54, 1.807) is 24.3 Å². The summed E-state index contributed by atoms with van der Waals surface area (Å²) in [6, 6.07) is 6.75. The molecule has 1 aromatic carbocycles. The van der Waals surface area contributed by atoms with Crippen LogP contribution in [0.15, 0.2) is 24.3 Å². The number of hydrogen-bond donors (Lipinski definition) is 2. The molecule has 1 aliphatic heterocycles. The van der Waals surface area contributed by atoms with Gasteiger partial charge >= 0.3 is 5.97 Å². The van der Waals surface area contributed by atoms with Gasteiger partial charge in [-0.1, -0.05) is 17.7 Å². The molecule has 0 unspecified atom stereocenters. The van der Waals surface area contributed by atoms with Crippen molar-refractivity contribution < 1.29 is 24.7 Å². The molecule has 18 heavy (non-hydrogen) atoms. The summed E-state index contributed by atoms with van der Waals surface area (Å²) in [4.78, 5) is 30.8. The van der Waals surface area contributed by atoms with Crippen molar-refractivity contribution >= 4 is 17.8 Å². The summed E-state index contributed by atoms with van der Waals surface area (Å²) < 4.78 is 0. The molecule has 6 heteroatoms. The van der Waals surface area contributed by atoms with E-state index in [9.17, 15) is 14.4 Å². The summed E-state index contributed by atoms with van der Waals surface area (Å²) in [6.45, 7) is 1.92. The third-order valence-electron chi connectivity index (χ3n) is 2.32. The Hall–Kier alpha value is -2.21. The molecule has 1 aromatic rings. The van der Waals surface area contributed by atoms with Crippen molar-refractivity contribution in [3.8, 4) is 0 Å². The molecule has 0 atom stereocenters. The first kappa shape index (κ1) is 13.9. The molecule has 2 amide bonds. The molecule has 0 spiro atoms. The van der Waals surface area contributed by atoms with Crippen molar-refractivity contribution in [1.29, 1.82) is 0 Å². The molecule has 1 saturated heterocycles. The monoisotopic (exact) mass is 251 g/mol. The van der Waals surface area contributed by atoms with Crippen LogP contribution in [0.3, 0.4) is 0 Å². The second-order valence-corrected chi connectivity index (χ2v) is 3.77. The standard InChI is InChI=1S/C8H8O2.C4H5NO3/c1-6-2-4-7(5-3-6)8(9)10;6-3-1-2-4(7)5(3)8/h2-5H,1H3,(H,9,10);8H,1-2H2. The van der Waals surface area contributed by atoms with Crippen LogP contribution >= 0.6 is 0 Å². The fourth-order valence-electron chi connectivity index (χ4n) is 1.26. The van der Waals surface area contributed by atoms with E-state index in [-0.39, 0.29) is 17.9 Å². The van der Waals surface area contributed by atoms with Crippen LogP contribution in [0.5, 0.6) is 0 Å². The summed E-state index contributed by atoms with van der Waals surface area (Å²) in [6.07, 6.45) is 0.296. The van der Waals surface area contributed by atoms with Crippen molar-refractivity contribution in [1.82, 2.24) is 5.06 Å². The molecule has 0 aromatic heterocycles. The van der Waals surface area contributed by atoms with Crippen molar-refractivity contribution in [2.45, 2.75) is 19.8 Å². The Morgan fingerprint density at radius 1 is 1.11 bits per heavy atom. The molecule has 1 fully saturated rings. The van der Waals surface area contributed by atoms with Crippen LogP contribution in [0.1, 0.15) is 28.8 Å². The highest BCUT2D eigenvalue weighted by atomic mass is 16.5. The number of carbonyl (C=O) groups excluding carboxylic acids is 2. The Labute approximate surface area is 103 Å². The van der Waals surface area contributed by atoms with E-state index in [4.69, 9.17) is 10.3 Å². The minimum Gasteiger partial charge on any atom is -0.478 e. The van der Waals surface area contributed by atoms with Crippen LogP contribution in [0.2, 0.25) is 0 Å². The van der Waals surface area contributed by atoms with Crippen LogP contribution in [0, 0.1) is 6.92 Å². The lowest BCUT2D eigenvalue weighted by atomic mass is 10.2. The SMILES string of the molecule is Cc1ccc(C(=O)O)cc1.O=C1CCC(=O)N1O. The number of benzene rings is 1. The van der Waals surface area contributed by atoms with Gasteiger partial charge in [-0.2, -0.15) is 5.06 Å². The van der Waals surface area contributed by atoms with Crippen LogP contribution < -0.4 is 0 Å². The minimum atomic E-state index is -0.875. The predicted octanol–water partition coefficient (Wildman–Crippen LogP) is 1.22. The summed E-state index contributed by atoms with van der Waals surface area (Å²) >= 11 is 0. The summed E-state index contributed by atoms with van der Waals surface area (Å²) in [5, 5.41) is 17.0. The number of rotatable bonds is 1. The molecular formula is C12H13NO5. The number of carboxylic acid groups (broad SMARTS) is 1. The zero-order valence-corrected chi connectivity index (χ0v) is 9.79. The average molecular weight is 251 g/mol. The van der Waals surface area contributed by atoms with Crippen molar-refractivity contribution in [3.63, 3.8) is 0 Å². The zero-order chi connectivity index (χ0) is 13.7. The zero-order valence-electron chi connectivity index (χ0n) is 9.79. The lowest BCUT2D eigenvalue weighted by Gasteiger charge is -1.98. The summed E-state index contributed by atoms with van der Waals surface area (Å²) in [5.41, 5.74) is 1.41. The van der Waals surface area contributed by atoms with Gasteiger partial charge in [-0.05, 0) is 19.1 Å². The highest BCUT2D eigenvalue weighted by Gasteiger charge is 2.26. The second-order valence-electron chi connectivity index (χ2n) is 3.77. The summed E-state index contributed by atoms with van der Waals surface area (Å²) in [5.74, 6) is -1.88. The summed E-state index contributed by atoms with van der Waals surface area (Å²) in [7, 11) is 0. The number of hydrogen-bond acceptors (Lipinski definition) is 4. The molecular weight excluding hydrogens is 238 g/mol. The van der Waals surface area contributed by atoms with E-state index in [1.807, 2.05) is 6.92 Å². The van der Waals surface area contributed by atoms with Gasteiger partial charge in [0.15, 0.2) is 0 Å². The van der Waals surface area contributed by atoms with Gasteiger partial charge in [0.05, 0.1) is 5.56 Å². The minimum absolute atomic E-state index is 0.148. The molecule has 2 N–H and O–H groups in total. The van der Waals surface area contributed by atoms with E-state index in [0.717, 1.165) is 5.56 Å². The fourth-order valence-corrected chi connectivity index (χ4v) is 1.26. The van der Waals surface area contributed by atoms with Gasteiger partial charge in [-0.15, -0.1) is 0 Å². The van der Waals surface area contributed by atoms with E-state index in [1.165, 1.54) is 0 Å². The highest BCUT2D eigenvalue weighted by Crippen LogP contribution is 2.07. The Morgan fingerprint density at radius 2 is 1.56 bits per heavy atom. The molecule has 1 aliphatic rings. The normalized spacial score (nSPS) is 14.2. The number of carboxylic acids is 1. The third kappa shape index (κ3) is 3.67. The Balaban J connectivity index is 0.000000184. The smallest absolute Gasteiger partial charge is 0.335 e. The quantitative estimate of drug-likeness (QED) is 0.578. The van der Waals surface area contributed by atoms with Gasteiger partial charge in [0, 0.05) is 12.8 Å². The van der Waals surface area contributed by atoms with Gasteiger partial charge in [-0.25, -0.2) is 4.79 Å². The van der Waals surface area contributed by atoms with Gasteiger partial charge in [0.1, 0.15) is 0 Å². The fraction of sp³-hybridized carbons (Fsp3) is 0.250. The maximum Gasteiger partial charge on any atom is 0.335 e. The Morgan fingerprint density at radius 3 is 1.83 bits per heavy atom. The molecule has 0 radical (unpaired) electrons. The number of imide groups is 1. The first-order chi connectivity index (χ1) is 8.41. The Bertz CT molecular complexity index is 450. The Kier molecular flexibility index (Phi) is 4.56. The van der Waals surface area contributed by atoms with E-state index < -0.39 is 17.8 Å². The van der Waals surface area contributed by atoms with E-state index in [2.05, 4.69) is 0 Å². The number of aromatic carboxylic acids is 1. The average Bonchev–Trinajstić information content (AvgIpc) is 2.62. The predicted molar refractivity (Wildman–Crippen MR) is 61.0 cm³/mol. The van der Waals surface area contributed by atoms with Gasteiger partial charge < -0.3 is 5.11 Å². The van der Waals surface area contributed by atoms with Gasteiger partial charge in [0.25, 0.3) is 11.8 Å². The second kappa shape index (κ2) is 5.92.